The van der Waals surface area contributed by atoms with Gasteiger partial charge in [-0.1, -0.05) is 0 Å². The van der Waals surface area contributed by atoms with Crippen LogP contribution < -0.4 is 10.6 Å². The Kier molecular flexibility index (Phi) is 3.92. The summed E-state index contributed by atoms with van der Waals surface area (Å²) in [5.41, 5.74) is 2.94. The number of benzene rings is 1. The molecule has 0 spiro atoms. The lowest BCUT2D eigenvalue weighted by molar-refractivity contribution is -0.117. The molecular formula is C16H19N3OS. The minimum atomic E-state index is 0.141. The van der Waals surface area contributed by atoms with Gasteiger partial charge in [-0.2, -0.15) is 0 Å². The van der Waals surface area contributed by atoms with Gasteiger partial charge in [0, 0.05) is 22.7 Å². The van der Waals surface area contributed by atoms with Gasteiger partial charge in [0.05, 0.1) is 16.7 Å². The maximum atomic E-state index is 11.7. The highest BCUT2D eigenvalue weighted by atomic mass is 32.1. The molecule has 110 valence electrons. The van der Waals surface area contributed by atoms with Gasteiger partial charge in [-0.3, -0.25) is 4.79 Å². The fraction of sp³-hybridized carbons (Fsp3) is 0.375. The Morgan fingerprint density at radius 2 is 1.95 bits per heavy atom. The monoisotopic (exact) mass is 301 g/mol. The zero-order valence-corrected chi connectivity index (χ0v) is 13.0. The molecule has 2 aromatic rings. The van der Waals surface area contributed by atoms with Gasteiger partial charge in [0.25, 0.3) is 0 Å². The van der Waals surface area contributed by atoms with Crippen LogP contribution in [0.3, 0.4) is 0 Å². The van der Waals surface area contributed by atoms with E-state index in [-0.39, 0.29) is 17.9 Å². The summed E-state index contributed by atoms with van der Waals surface area (Å²) in [4.78, 5) is 16.2. The van der Waals surface area contributed by atoms with Crippen molar-refractivity contribution in [3.8, 4) is 0 Å². The number of carbonyl (C=O) groups is 1. The molecule has 1 aromatic heterocycles. The van der Waals surface area contributed by atoms with Gasteiger partial charge in [-0.05, 0) is 51.0 Å². The van der Waals surface area contributed by atoms with Gasteiger partial charge >= 0.3 is 0 Å². The number of nitrogens with zero attached hydrogens (tertiary/aromatic N) is 1. The van der Waals surface area contributed by atoms with Crippen LogP contribution in [0.15, 0.2) is 29.6 Å². The number of thiazole rings is 1. The van der Waals surface area contributed by atoms with E-state index in [2.05, 4.69) is 27.9 Å². The average Bonchev–Trinajstić information content (AvgIpc) is 3.23. The number of aryl methyl sites for hydroxylation is 1. The molecule has 5 heteroatoms. The zero-order chi connectivity index (χ0) is 14.8. The molecule has 0 radical (unpaired) electrons. The van der Waals surface area contributed by atoms with Crippen molar-refractivity contribution in [2.75, 3.05) is 10.6 Å². The van der Waals surface area contributed by atoms with E-state index in [0.717, 1.165) is 34.9 Å². The molecule has 0 aliphatic heterocycles. The van der Waals surface area contributed by atoms with Crippen LogP contribution in [0.25, 0.3) is 0 Å². The largest absolute Gasteiger partial charge is 0.377 e. The van der Waals surface area contributed by atoms with Crippen molar-refractivity contribution < 1.29 is 4.79 Å². The highest BCUT2D eigenvalue weighted by Crippen LogP contribution is 2.30. The van der Waals surface area contributed by atoms with Crippen LogP contribution >= 0.6 is 11.3 Å². The van der Waals surface area contributed by atoms with Crippen LogP contribution in [0.4, 0.5) is 11.4 Å². The molecule has 0 saturated heterocycles. The van der Waals surface area contributed by atoms with Gasteiger partial charge in [-0.25, -0.2) is 4.98 Å². The first-order chi connectivity index (χ1) is 10.1. The number of anilines is 2. The lowest BCUT2D eigenvalue weighted by Gasteiger charge is -2.13. The Labute approximate surface area is 128 Å². The topological polar surface area (TPSA) is 54.0 Å². The summed E-state index contributed by atoms with van der Waals surface area (Å²) in [5.74, 6) is 0.373. The van der Waals surface area contributed by atoms with Gasteiger partial charge in [-0.15, -0.1) is 11.3 Å². The van der Waals surface area contributed by atoms with Crippen molar-refractivity contribution in [2.45, 2.75) is 32.7 Å². The molecule has 1 atom stereocenters. The summed E-state index contributed by atoms with van der Waals surface area (Å²) in [6, 6.07) is 8.00. The molecule has 1 amide bonds. The Bertz CT molecular complexity index is 631. The predicted molar refractivity (Wildman–Crippen MR) is 86.7 cm³/mol. The lowest BCUT2D eigenvalue weighted by atomic mass is 10.2. The minimum Gasteiger partial charge on any atom is -0.377 e. The Balaban J connectivity index is 1.59. The van der Waals surface area contributed by atoms with E-state index in [1.807, 2.05) is 31.2 Å². The minimum absolute atomic E-state index is 0.141. The predicted octanol–water partition coefficient (Wildman–Crippen LogP) is 3.97. The third kappa shape index (κ3) is 3.61. The normalized spacial score (nSPS) is 15.5. The van der Waals surface area contributed by atoms with Crippen LogP contribution in [-0.2, 0) is 4.79 Å². The maximum Gasteiger partial charge on any atom is 0.227 e. The Morgan fingerprint density at radius 1 is 1.29 bits per heavy atom. The van der Waals surface area contributed by atoms with Crippen molar-refractivity contribution in [3.63, 3.8) is 0 Å². The molecule has 2 N–H and O–H groups in total. The van der Waals surface area contributed by atoms with E-state index in [9.17, 15) is 4.79 Å². The van der Waals surface area contributed by atoms with Gasteiger partial charge < -0.3 is 10.6 Å². The first-order valence-electron chi connectivity index (χ1n) is 7.21. The quantitative estimate of drug-likeness (QED) is 0.878. The lowest BCUT2D eigenvalue weighted by Crippen LogP contribution is -2.13. The van der Waals surface area contributed by atoms with Crippen LogP contribution in [0.1, 0.15) is 36.5 Å². The molecule has 4 nitrogen and oxygen atoms in total. The van der Waals surface area contributed by atoms with E-state index in [1.54, 1.807) is 11.3 Å². The molecule has 0 bridgehead atoms. The van der Waals surface area contributed by atoms with Crippen LogP contribution in [0, 0.1) is 12.8 Å². The highest BCUT2D eigenvalue weighted by Gasteiger charge is 2.29. The second-order valence-corrected chi connectivity index (χ2v) is 6.56. The molecular weight excluding hydrogens is 282 g/mol. The Morgan fingerprint density at radius 3 is 2.52 bits per heavy atom. The van der Waals surface area contributed by atoms with Crippen LogP contribution in [0.2, 0.25) is 0 Å². The van der Waals surface area contributed by atoms with Crippen molar-refractivity contribution >= 4 is 28.6 Å². The fourth-order valence-corrected chi connectivity index (χ4v) is 2.85. The molecule has 1 aromatic carbocycles. The van der Waals surface area contributed by atoms with E-state index in [1.165, 1.54) is 0 Å². The summed E-state index contributed by atoms with van der Waals surface area (Å²) in [7, 11) is 0. The van der Waals surface area contributed by atoms with Crippen molar-refractivity contribution in [3.05, 3.63) is 40.3 Å². The highest BCUT2D eigenvalue weighted by molar-refractivity contribution is 7.09. The molecule has 1 unspecified atom stereocenters. The summed E-state index contributed by atoms with van der Waals surface area (Å²) in [5, 5.41) is 9.52. The molecule has 1 aliphatic carbocycles. The first kappa shape index (κ1) is 14.1. The second-order valence-electron chi connectivity index (χ2n) is 5.50. The number of hydrogen-bond donors (Lipinski definition) is 2. The summed E-state index contributed by atoms with van der Waals surface area (Å²) < 4.78 is 0. The van der Waals surface area contributed by atoms with Crippen LogP contribution in [0.5, 0.6) is 0 Å². The Hall–Kier alpha value is -1.88. The molecule has 3 rings (SSSR count). The summed E-state index contributed by atoms with van der Waals surface area (Å²) in [6.45, 7) is 4.11. The van der Waals surface area contributed by atoms with Crippen LogP contribution in [-0.4, -0.2) is 10.9 Å². The number of rotatable bonds is 5. The number of hydrogen-bond acceptors (Lipinski definition) is 4. The molecule has 1 saturated carbocycles. The van der Waals surface area contributed by atoms with Crippen molar-refractivity contribution in [1.82, 2.24) is 4.98 Å². The van der Waals surface area contributed by atoms with E-state index in [0.29, 0.717) is 0 Å². The number of nitrogens with one attached hydrogen (secondary N) is 2. The smallest absolute Gasteiger partial charge is 0.227 e. The average molecular weight is 301 g/mol. The molecule has 1 fully saturated rings. The molecule has 21 heavy (non-hydrogen) atoms. The number of amides is 1. The van der Waals surface area contributed by atoms with E-state index >= 15 is 0 Å². The van der Waals surface area contributed by atoms with E-state index < -0.39 is 0 Å². The fourth-order valence-electron chi connectivity index (χ4n) is 2.14. The molecule has 1 aliphatic rings. The standard InChI is InChI=1S/C16H19N3OS/c1-10(15-9-21-11(2)18-15)17-13-5-7-14(8-6-13)19-16(20)12-3-4-12/h5-10,12,17H,3-4H2,1-2H3,(H,19,20). The van der Waals surface area contributed by atoms with Gasteiger partial charge in [0.1, 0.15) is 0 Å². The van der Waals surface area contributed by atoms with Gasteiger partial charge in [0.15, 0.2) is 0 Å². The number of carbonyl (C=O) groups excluding carboxylic acids is 1. The third-order valence-electron chi connectivity index (χ3n) is 3.56. The SMILES string of the molecule is Cc1nc(C(C)Nc2ccc(NC(=O)C3CC3)cc2)cs1. The van der Waals surface area contributed by atoms with Gasteiger partial charge in [0.2, 0.25) is 5.91 Å². The summed E-state index contributed by atoms with van der Waals surface area (Å²) >= 11 is 1.66. The van der Waals surface area contributed by atoms with Crippen molar-refractivity contribution in [2.24, 2.45) is 5.92 Å². The summed E-state index contributed by atoms with van der Waals surface area (Å²) in [6.07, 6.45) is 2.05. The maximum absolute atomic E-state index is 11.7. The second kappa shape index (κ2) is 5.85. The first-order valence-corrected chi connectivity index (χ1v) is 8.09. The van der Waals surface area contributed by atoms with Crippen molar-refractivity contribution in [1.29, 1.82) is 0 Å². The third-order valence-corrected chi connectivity index (χ3v) is 4.36. The zero-order valence-electron chi connectivity index (χ0n) is 12.2. The van der Waals surface area contributed by atoms with E-state index in [4.69, 9.17) is 0 Å². The number of aromatic nitrogens is 1. The molecule has 1 heterocycles.